The summed E-state index contributed by atoms with van der Waals surface area (Å²) in [5, 5.41) is 6.32. The van der Waals surface area contributed by atoms with Crippen LogP contribution in [0.1, 0.15) is 30.7 Å². The molecular formula is C18H27N3O3S. The molecule has 0 saturated carbocycles. The Labute approximate surface area is 152 Å². The van der Waals surface area contributed by atoms with Gasteiger partial charge in [0.15, 0.2) is 0 Å². The number of piperidine rings is 1. The maximum Gasteiger partial charge on any atom is 0.224 e. The normalized spacial score (nSPS) is 31.0. The van der Waals surface area contributed by atoms with Gasteiger partial charge in [0.2, 0.25) is 5.91 Å². The van der Waals surface area contributed by atoms with E-state index in [4.69, 9.17) is 9.47 Å². The second-order valence-corrected chi connectivity index (χ2v) is 8.33. The molecule has 0 aliphatic carbocycles. The van der Waals surface area contributed by atoms with E-state index in [1.54, 1.807) is 11.3 Å². The Balaban J connectivity index is 1.35. The van der Waals surface area contributed by atoms with Gasteiger partial charge in [-0.25, -0.2) is 4.98 Å². The molecule has 0 aromatic carbocycles. The number of hydrogen-bond donors (Lipinski definition) is 1. The first kappa shape index (κ1) is 17.4. The maximum absolute atomic E-state index is 12.7. The third-order valence-corrected chi connectivity index (χ3v) is 6.48. The van der Waals surface area contributed by atoms with E-state index in [0.717, 1.165) is 70.1 Å². The lowest BCUT2D eigenvalue weighted by atomic mass is 9.89. The summed E-state index contributed by atoms with van der Waals surface area (Å²) in [7, 11) is 0. The molecule has 3 saturated heterocycles. The Hall–Kier alpha value is -1.02. The van der Waals surface area contributed by atoms with Crippen molar-refractivity contribution in [3.8, 4) is 0 Å². The highest BCUT2D eigenvalue weighted by Crippen LogP contribution is 2.32. The van der Waals surface area contributed by atoms with E-state index < -0.39 is 0 Å². The van der Waals surface area contributed by atoms with E-state index in [9.17, 15) is 4.79 Å². The number of nitrogens with zero attached hydrogens (tertiary/aromatic N) is 2. The molecule has 25 heavy (non-hydrogen) atoms. The van der Waals surface area contributed by atoms with Gasteiger partial charge in [-0.05, 0) is 31.6 Å². The van der Waals surface area contributed by atoms with Crippen molar-refractivity contribution in [3.63, 3.8) is 0 Å². The van der Waals surface area contributed by atoms with Crippen LogP contribution in [0, 0.1) is 11.8 Å². The van der Waals surface area contributed by atoms with Crippen LogP contribution in [-0.4, -0.2) is 60.8 Å². The fourth-order valence-corrected chi connectivity index (χ4v) is 4.91. The first-order valence-corrected chi connectivity index (χ1v) is 10.3. The van der Waals surface area contributed by atoms with E-state index in [1.807, 2.05) is 11.6 Å². The van der Waals surface area contributed by atoms with E-state index in [1.165, 1.54) is 0 Å². The van der Waals surface area contributed by atoms with Gasteiger partial charge in [0.25, 0.3) is 0 Å². The van der Waals surface area contributed by atoms with E-state index >= 15 is 0 Å². The van der Waals surface area contributed by atoms with Crippen molar-refractivity contribution in [2.75, 3.05) is 32.9 Å². The quantitative estimate of drug-likeness (QED) is 0.860. The highest BCUT2D eigenvalue weighted by Gasteiger charge is 2.42. The van der Waals surface area contributed by atoms with Crippen molar-refractivity contribution in [1.29, 1.82) is 0 Å². The Bertz CT molecular complexity index is 562. The summed E-state index contributed by atoms with van der Waals surface area (Å²) >= 11 is 1.68. The number of carbonyl (C=O) groups excluding carboxylic acids is 1. The summed E-state index contributed by atoms with van der Waals surface area (Å²) < 4.78 is 11.3. The first-order valence-electron chi connectivity index (χ1n) is 9.39. The zero-order valence-corrected chi connectivity index (χ0v) is 15.4. The monoisotopic (exact) mass is 365 g/mol. The summed E-state index contributed by atoms with van der Waals surface area (Å²) in [6, 6.07) is 0.434. The number of amides is 1. The van der Waals surface area contributed by atoms with Crippen molar-refractivity contribution in [2.24, 2.45) is 11.8 Å². The standard InChI is InChI=1S/C18H27N3O3S/c22-18(20-10-13-1-5-23-6-2-13)14-9-16-15(3-7-24-16)21(11-14)12-17-19-4-8-25-17/h4,8,13-16H,1-3,5-7,9-12H2,(H,20,22)/t14-,15+,16+/m0/s1. The van der Waals surface area contributed by atoms with Gasteiger partial charge >= 0.3 is 0 Å². The molecular weight excluding hydrogens is 338 g/mol. The summed E-state index contributed by atoms with van der Waals surface area (Å²) in [6.07, 6.45) is 6.05. The van der Waals surface area contributed by atoms with Crippen LogP contribution in [0.25, 0.3) is 0 Å². The lowest BCUT2D eigenvalue weighted by Gasteiger charge is -2.40. The lowest BCUT2D eigenvalue weighted by Crippen LogP contribution is -2.52. The van der Waals surface area contributed by atoms with Crippen LogP contribution < -0.4 is 5.32 Å². The third kappa shape index (κ3) is 4.22. The Morgan fingerprint density at radius 1 is 1.32 bits per heavy atom. The molecule has 3 atom stereocenters. The predicted octanol–water partition coefficient (Wildman–Crippen LogP) is 1.67. The molecule has 138 valence electrons. The smallest absolute Gasteiger partial charge is 0.224 e. The van der Waals surface area contributed by atoms with Crippen molar-refractivity contribution >= 4 is 17.2 Å². The van der Waals surface area contributed by atoms with Gasteiger partial charge in [0.1, 0.15) is 5.01 Å². The van der Waals surface area contributed by atoms with Crippen LogP contribution in [-0.2, 0) is 20.8 Å². The number of fused-ring (bicyclic) bond motifs is 1. The zero-order chi connectivity index (χ0) is 17.1. The number of carbonyl (C=O) groups is 1. The highest BCUT2D eigenvalue weighted by atomic mass is 32.1. The minimum absolute atomic E-state index is 0.0131. The number of thiazole rings is 1. The molecule has 7 heteroatoms. The second-order valence-electron chi connectivity index (χ2n) is 7.35. The third-order valence-electron chi connectivity index (χ3n) is 5.71. The van der Waals surface area contributed by atoms with E-state index in [-0.39, 0.29) is 17.9 Å². The van der Waals surface area contributed by atoms with Crippen LogP contribution in [0.15, 0.2) is 11.6 Å². The second kappa shape index (κ2) is 8.12. The van der Waals surface area contributed by atoms with Crippen molar-refractivity contribution in [2.45, 2.75) is 44.4 Å². The minimum Gasteiger partial charge on any atom is -0.381 e. The number of hydrogen-bond acceptors (Lipinski definition) is 6. The maximum atomic E-state index is 12.7. The van der Waals surface area contributed by atoms with Crippen molar-refractivity contribution in [1.82, 2.24) is 15.2 Å². The van der Waals surface area contributed by atoms with Gasteiger partial charge in [-0.3, -0.25) is 9.69 Å². The molecule has 0 radical (unpaired) electrons. The van der Waals surface area contributed by atoms with Gasteiger partial charge in [0, 0.05) is 50.5 Å². The molecule has 3 aliphatic heterocycles. The van der Waals surface area contributed by atoms with Crippen LogP contribution >= 0.6 is 11.3 Å². The number of nitrogens with one attached hydrogen (secondary N) is 1. The molecule has 0 unspecified atom stereocenters. The molecule has 0 spiro atoms. The topological polar surface area (TPSA) is 63.7 Å². The number of likely N-dealkylation sites (tertiary alicyclic amines) is 1. The van der Waals surface area contributed by atoms with Crippen LogP contribution in [0.2, 0.25) is 0 Å². The minimum atomic E-state index is 0.0131. The van der Waals surface area contributed by atoms with Gasteiger partial charge in [-0.1, -0.05) is 0 Å². The summed E-state index contributed by atoms with van der Waals surface area (Å²) in [4.78, 5) is 19.6. The van der Waals surface area contributed by atoms with Gasteiger partial charge in [0.05, 0.1) is 18.6 Å². The summed E-state index contributed by atoms with van der Waals surface area (Å²) in [5.74, 6) is 0.756. The predicted molar refractivity (Wildman–Crippen MR) is 95.3 cm³/mol. The number of ether oxygens (including phenoxy) is 2. The van der Waals surface area contributed by atoms with Gasteiger partial charge in [-0.15, -0.1) is 11.3 Å². The average Bonchev–Trinajstić information content (AvgIpc) is 3.32. The SMILES string of the molecule is O=C(NCC1CCOCC1)[C@H]1C[C@H]2OCC[C@H]2N(Cc2nccs2)C1. The molecule has 3 fully saturated rings. The molecule has 1 amide bonds. The molecule has 1 aromatic rings. The molecule has 3 aliphatic rings. The average molecular weight is 365 g/mol. The lowest BCUT2D eigenvalue weighted by molar-refractivity contribution is -0.130. The van der Waals surface area contributed by atoms with Gasteiger partial charge < -0.3 is 14.8 Å². The molecule has 6 nitrogen and oxygen atoms in total. The van der Waals surface area contributed by atoms with Crippen LogP contribution in [0.4, 0.5) is 0 Å². The Kier molecular flexibility index (Phi) is 5.65. The zero-order valence-electron chi connectivity index (χ0n) is 14.6. The number of aromatic nitrogens is 1. The van der Waals surface area contributed by atoms with Crippen molar-refractivity contribution < 1.29 is 14.3 Å². The largest absolute Gasteiger partial charge is 0.381 e. The molecule has 0 bridgehead atoms. The Morgan fingerprint density at radius 3 is 3.00 bits per heavy atom. The van der Waals surface area contributed by atoms with Gasteiger partial charge in [-0.2, -0.15) is 0 Å². The summed E-state index contributed by atoms with van der Waals surface area (Å²) in [5.41, 5.74) is 0. The van der Waals surface area contributed by atoms with E-state index in [2.05, 4.69) is 15.2 Å². The molecule has 1 N–H and O–H groups in total. The van der Waals surface area contributed by atoms with Crippen molar-refractivity contribution in [3.05, 3.63) is 16.6 Å². The Morgan fingerprint density at radius 2 is 2.20 bits per heavy atom. The van der Waals surface area contributed by atoms with Crippen LogP contribution in [0.5, 0.6) is 0 Å². The molecule has 1 aromatic heterocycles. The first-order chi connectivity index (χ1) is 12.3. The molecule has 4 heterocycles. The van der Waals surface area contributed by atoms with E-state index in [0.29, 0.717) is 12.0 Å². The fraction of sp³-hybridized carbons (Fsp3) is 0.778. The summed E-state index contributed by atoms with van der Waals surface area (Å²) in [6.45, 7) is 4.86. The molecule has 4 rings (SSSR count). The number of rotatable bonds is 5. The highest BCUT2D eigenvalue weighted by molar-refractivity contribution is 7.09. The van der Waals surface area contributed by atoms with Crippen LogP contribution in [0.3, 0.4) is 0 Å². The fourth-order valence-electron chi connectivity index (χ4n) is 4.27.